The summed E-state index contributed by atoms with van der Waals surface area (Å²) in [5, 5.41) is 2.98. The van der Waals surface area contributed by atoms with Gasteiger partial charge in [-0.2, -0.15) is 13.2 Å². The third kappa shape index (κ3) is 5.47. The van der Waals surface area contributed by atoms with Crippen LogP contribution < -0.4 is 11.1 Å². The second-order valence-electron chi connectivity index (χ2n) is 3.75. The van der Waals surface area contributed by atoms with Crippen molar-refractivity contribution in [1.82, 2.24) is 10.3 Å². The Bertz CT molecular complexity index is 300. The van der Waals surface area contributed by atoms with Gasteiger partial charge in [0.05, 0.1) is 11.4 Å². The number of alkyl halides is 3. The molecule has 98 valence electrons. The van der Waals surface area contributed by atoms with Crippen LogP contribution in [0.3, 0.4) is 0 Å². The molecule has 0 bridgehead atoms. The lowest BCUT2D eigenvalue weighted by molar-refractivity contribution is -0.177. The quantitative estimate of drug-likeness (QED) is 0.744. The molecule has 1 aromatic heterocycles. The van der Waals surface area contributed by atoms with Crippen LogP contribution in [0.15, 0.2) is 11.7 Å². The van der Waals surface area contributed by atoms with Crippen molar-refractivity contribution in [1.29, 1.82) is 0 Å². The summed E-state index contributed by atoms with van der Waals surface area (Å²) < 4.78 is 37.5. The van der Waals surface area contributed by atoms with E-state index >= 15 is 0 Å². The minimum Gasteiger partial charge on any atom is -0.330 e. The highest BCUT2D eigenvalue weighted by Gasteiger charge is 2.38. The molecular formula is C10H16F3N3S. The summed E-state index contributed by atoms with van der Waals surface area (Å²) in [5.41, 5.74) is 6.88. The van der Waals surface area contributed by atoms with Crippen LogP contribution in [0.5, 0.6) is 0 Å². The van der Waals surface area contributed by atoms with E-state index in [4.69, 9.17) is 5.73 Å². The number of nitrogens with two attached hydrogens (primary N) is 1. The molecule has 0 aromatic carbocycles. The summed E-state index contributed by atoms with van der Waals surface area (Å²) in [7, 11) is 0. The van der Waals surface area contributed by atoms with E-state index in [2.05, 4.69) is 10.3 Å². The standard InChI is InChI=1S/C10H16F3N3S/c11-10(12,13)8(1-3-14)2-4-15-5-9-6-16-7-17-9/h6-8,15H,1-5,14H2. The van der Waals surface area contributed by atoms with Crippen molar-refractivity contribution in [2.24, 2.45) is 11.7 Å². The van der Waals surface area contributed by atoms with Gasteiger partial charge in [-0.3, -0.25) is 4.98 Å². The Labute approximate surface area is 102 Å². The predicted molar refractivity (Wildman–Crippen MR) is 61.7 cm³/mol. The van der Waals surface area contributed by atoms with Crippen molar-refractivity contribution < 1.29 is 13.2 Å². The summed E-state index contributed by atoms with van der Waals surface area (Å²) in [6, 6.07) is 0. The zero-order chi connectivity index (χ0) is 12.7. The summed E-state index contributed by atoms with van der Waals surface area (Å²) in [6.07, 6.45) is -2.38. The third-order valence-corrected chi connectivity index (χ3v) is 3.21. The van der Waals surface area contributed by atoms with Gasteiger partial charge in [0.15, 0.2) is 0 Å². The van der Waals surface area contributed by atoms with Crippen LogP contribution in [-0.2, 0) is 6.54 Å². The Morgan fingerprint density at radius 2 is 2.18 bits per heavy atom. The van der Waals surface area contributed by atoms with Gasteiger partial charge in [0, 0.05) is 17.6 Å². The molecule has 0 saturated carbocycles. The lowest BCUT2D eigenvalue weighted by Crippen LogP contribution is -2.29. The van der Waals surface area contributed by atoms with E-state index in [-0.39, 0.29) is 19.4 Å². The van der Waals surface area contributed by atoms with Gasteiger partial charge in [-0.1, -0.05) is 0 Å². The van der Waals surface area contributed by atoms with Crippen molar-refractivity contribution in [3.05, 3.63) is 16.6 Å². The van der Waals surface area contributed by atoms with Gasteiger partial charge in [0.1, 0.15) is 0 Å². The highest BCUT2D eigenvalue weighted by atomic mass is 32.1. The van der Waals surface area contributed by atoms with Gasteiger partial charge in [-0.15, -0.1) is 11.3 Å². The molecule has 1 rings (SSSR count). The Hall–Kier alpha value is -0.660. The summed E-state index contributed by atoms with van der Waals surface area (Å²) in [4.78, 5) is 4.91. The molecule has 0 fully saturated rings. The second-order valence-corrected chi connectivity index (χ2v) is 4.72. The number of hydrogen-bond acceptors (Lipinski definition) is 4. The highest BCUT2D eigenvalue weighted by Crippen LogP contribution is 2.30. The maximum Gasteiger partial charge on any atom is 0.391 e. The number of aromatic nitrogens is 1. The van der Waals surface area contributed by atoms with Gasteiger partial charge in [-0.25, -0.2) is 0 Å². The lowest BCUT2D eigenvalue weighted by Gasteiger charge is -2.19. The first kappa shape index (κ1) is 14.4. The van der Waals surface area contributed by atoms with Crippen LogP contribution in [-0.4, -0.2) is 24.2 Å². The zero-order valence-electron chi connectivity index (χ0n) is 9.33. The Balaban J connectivity index is 2.23. The molecule has 1 atom stereocenters. The maximum absolute atomic E-state index is 12.5. The van der Waals surface area contributed by atoms with Gasteiger partial charge >= 0.3 is 6.18 Å². The fraction of sp³-hybridized carbons (Fsp3) is 0.700. The van der Waals surface area contributed by atoms with E-state index < -0.39 is 12.1 Å². The number of thiazole rings is 1. The largest absolute Gasteiger partial charge is 0.391 e. The van der Waals surface area contributed by atoms with E-state index in [0.29, 0.717) is 13.1 Å². The normalized spacial score (nSPS) is 13.9. The van der Waals surface area contributed by atoms with Gasteiger partial charge in [0.2, 0.25) is 0 Å². The van der Waals surface area contributed by atoms with Crippen molar-refractivity contribution >= 4 is 11.3 Å². The molecule has 0 aliphatic carbocycles. The molecule has 0 spiro atoms. The first-order valence-electron chi connectivity index (χ1n) is 5.39. The van der Waals surface area contributed by atoms with Crippen molar-refractivity contribution in [3.8, 4) is 0 Å². The summed E-state index contributed by atoms with van der Waals surface area (Å²) in [6.45, 7) is 0.971. The number of rotatable bonds is 7. The third-order valence-electron chi connectivity index (χ3n) is 2.43. The van der Waals surface area contributed by atoms with Crippen molar-refractivity contribution in [3.63, 3.8) is 0 Å². The topological polar surface area (TPSA) is 50.9 Å². The Kier molecular flexibility index (Phi) is 5.87. The van der Waals surface area contributed by atoms with E-state index in [1.807, 2.05) is 0 Å². The molecule has 0 radical (unpaired) electrons. The highest BCUT2D eigenvalue weighted by molar-refractivity contribution is 7.09. The smallest absolute Gasteiger partial charge is 0.330 e. The number of hydrogen-bond donors (Lipinski definition) is 2. The number of nitrogens with one attached hydrogen (secondary N) is 1. The summed E-state index contributed by atoms with van der Waals surface area (Å²) in [5.74, 6) is -1.30. The Morgan fingerprint density at radius 1 is 1.41 bits per heavy atom. The molecule has 1 aromatic rings. The fourth-order valence-electron chi connectivity index (χ4n) is 1.49. The lowest BCUT2D eigenvalue weighted by atomic mass is 10.0. The van der Waals surface area contributed by atoms with Crippen LogP contribution in [0.2, 0.25) is 0 Å². The molecule has 3 N–H and O–H groups in total. The average molecular weight is 267 g/mol. The van der Waals surface area contributed by atoms with E-state index in [1.165, 1.54) is 11.3 Å². The molecule has 7 heteroatoms. The van der Waals surface area contributed by atoms with Crippen LogP contribution in [0.4, 0.5) is 13.2 Å². The average Bonchev–Trinajstić information content (AvgIpc) is 2.74. The van der Waals surface area contributed by atoms with Crippen molar-refractivity contribution in [2.75, 3.05) is 13.1 Å². The second kappa shape index (κ2) is 6.93. The van der Waals surface area contributed by atoms with Crippen LogP contribution in [0.1, 0.15) is 17.7 Å². The number of halogens is 3. The predicted octanol–water partition coefficient (Wildman–Crippen LogP) is 2.15. The molecule has 0 aliphatic rings. The summed E-state index contributed by atoms with van der Waals surface area (Å²) >= 11 is 1.48. The van der Waals surface area contributed by atoms with Gasteiger partial charge < -0.3 is 11.1 Å². The molecule has 3 nitrogen and oxygen atoms in total. The van der Waals surface area contributed by atoms with Crippen LogP contribution in [0, 0.1) is 5.92 Å². The molecule has 1 heterocycles. The van der Waals surface area contributed by atoms with Crippen LogP contribution in [0.25, 0.3) is 0 Å². The Morgan fingerprint density at radius 3 is 2.71 bits per heavy atom. The fourth-order valence-corrected chi connectivity index (χ4v) is 2.05. The molecule has 17 heavy (non-hydrogen) atoms. The van der Waals surface area contributed by atoms with Gasteiger partial charge in [-0.05, 0) is 25.9 Å². The van der Waals surface area contributed by atoms with Crippen LogP contribution >= 0.6 is 11.3 Å². The zero-order valence-corrected chi connectivity index (χ0v) is 10.2. The first-order chi connectivity index (χ1) is 8.04. The minimum absolute atomic E-state index is 0.00820. The SMILES string of the molecule is NCCC(CCNCc1cncs1)C(F)(F)F. The minimum atomic E-state index is -4.15. The molecule has 0 amide bonds. The molecule has 1 unspecified atom stereocenters. The molecule has 0 saturated heterocycles. The molecular weight excluding hydrogens is 251 g/mol. The van der Waals surface area contributed by atoms with E-state index in [1.54, 1.807) is 11.7 Å². The van der Waals surface area contributed by atoms with Crippen molar-refractivity contribution in [2.45, 2.75) is 25.6 Å². The maximum atomic E-state index is 12.5. The number of nitrogens with zero attached hydrogens (tertiary/aromatic N) is 1. The molecule has 0 aliphatic heterocycles. The van der Waals surface area contributed by atoms with Gasteiger partial charge in [0.25, 0.3) is 0 Å². The van der Waals surface area contributed by atoms with E-state index in [9.17, 15) is 13.2 Å². The monoisotopic (exact) mass is 267 g/mol. The first-order valence-corrected chi connectivity index (χ1v) is 6.27. The van der Waals surface area contributed by atoms with E-state index in [0.717, 1.165) is 4.88 Å².